The van der Waals surface area contributed by atoms with Crippen LogP contribution in [0, 0.1) is 0 Å². The molecule has 1 atom stereocenters. The predicted octanol–water partition coefficient (Wildman–Crippen LogP) is 2.04. The van der Waals surface area contributed by atoms with E-state index >= 15 is 0 Å². The fraction of sp³-hybridized carbons (Fsp3) is 0.857. The molecular weight excluding hydrogens is 212 g/mol. The lowest BCUT2D eigenvalue weighted by molar-refractivity contribution is -0.0236. The first-order chi connectivity index (χ1) is 8.12. The highest BCUT2D eigenvalue weighted by atomic mass is 16.5. The first-order valence-electron chi connectivity index (χ1n) is 6.74. The second-order valence-corrected chi connectivity index (χ2v) is 5.31. The largest absolute Gasteiger partial charge is 0.379 e. The maximum absolute atomic E-state index is 5.43. The van der Waals surface area contributed by atoms with Gasteiger partial charge in [-0.3, -0.25) is 4.90 Å². The Bertz CT molecular complexity index is 222. The zero-order valence-electron chi connectivity index (χ0n) is 11.7. The topological polar surface area (TPSA) is 24.5 Å². The molecule has 0 aromatic rings. The Kier molecular flexibility index (Phi) is 6.17. The van der Waals surface area contributed by atoms with E-state index in [2.05, 4.69) is 37.7 Å². The number of nitrogens with zero attached hydrogens (tertiary/aromatic N) is 1. The minimum absolute atomic E-state index is 0.194. The van der Waals surface area contributed by atoms with Crippen molar-refractivity contribution in [2.45, 2.75) is 44.7 Å². The molecule has 0 spiro atoms. The smallest absolute Gasteiger partial charge is 0.0594 e. The van der Waals surface area contributed by atoms with E-state index in [4.69, 9.17) is 4.74 Å². The number of morpholine rings is 1. The van der Waals surface area contributed by atoms with Crippen molar-refractivity contribution in [2.75, 3.05) is 33.4 Å². The van der Waals surface area contributed by atoms with Gasteiger partial charge in [-0.05, 0) is 40.2 Å². The third kappa shape index (κ3) is 4.09. The monoisotopic (exact) mass is 240 g/mol. The maximum atomic E-state index is 5.43. The number of unbranched alkanes of at least 4 members (excludes halogenated alkanes) is 1. The van der Waals surface area contributed by atoms with E-state index in [1.807, 2.05) is 6.08 Å². The minimum atomic E-state index is 0.194. The zero-order chi connectivity index (χ0) is 12.7. The van der Waals surface area contributed by atoms with Gasteiger partial charge in [0.05, 0.1) is 13.2 Å². The summed E-state index contributed by atoms with van der Waals surface area (Å²) in [5.41, 5.74) is 0.194. The molecule has 0 aromatic heterocycles. The Morgan fingerprint density at radius 2 is 2.06 bits per heavy atom. The molecule has 0 saturated carbocycles. The van der Waals surface area contributed by atoms with Gasteiger partial charge < -0.3 is 10.1 Å². The van der Waals surface area contributed by atoms with Crippen molar-refractivity contribution in [3.63, 3.8) is 0 Å². The van der Waals surface area contributed by atoms with E-state index in [-0.39, 0.29) is 5.54 Å². The molecule has 1 fully saturated rings. The number of rotatable bonds is 7. The van der Waals surface area contributed by atoms with E-state index in [1.54, 1.807) is 0 Å². The molecular formula is C14H28N2O. The molecule has 0 amide bonds. The molecule has 1 unspecified atom stereocenters. The lowest BCUT2D eigenvalue weighted by atomic mass is 9.88. The second kappa shape index (κ2) is 7.14. The average molecular weight is 240 g/mol. The number of allylic oxidation sites excluding steroid dienone is 1. The van der Waals surface area contributed by atoms with Crippen LogP contribution < -0.4 is 5.32 Å². The van der Waals surface area contributed by atoms with Crippen LogP contribution in [0.4, 0.5) is 0 Å². The van der Waals surface area contributed by atoms with Crippen LogP contribution in [-0.2, 0) is 4.74 Å². The third-order valence-corrected chi connectivity index (χ3v) is 3.93. The first-order valence-corrected chi connectivity index (χ1v) is 6.74. The van der Waals surface area contributed by atoms with Crippen molar-refractivity contribution in [1.82, 2.24) is 10.2 Å². The Labute approximate surface area is 106 Å². The van der Waals surface area contributed by atoms with Gasteiger partial charge in [-0.1, -0.05) is 6.08 Å². The van der Waals surface area contributed by atoms with Crippen LogP contribution in [0.15, 0.2) is 12.7 Å². The highest BCUT2D eigenvalue weighted by Gasteiger charge is 2.34. The van der Waals surface area contributed by atoms with Crippen molar-refractivity contribution >= 4 is 0 Å². The highest BCUT2D eigenvalue weighted by molar-refractivity contribution is 4.94. The summed E-state index contributed by atoms with van der Waals surface area (Å²) < 4.78 is 5.43. The quantitative estimate of drug-likeness (QED) is 0.544. The highest BCUT2D eigenvalue weighted by Crippen LogP contribution is 2.23. The van der Waals surface area contributed by atoms with Gasteiger partial charge in [0, 0.05) is 24.7 Å². The molecule has 0 aliphatic carbocycles. The van der Waals surface area contributed by atoms with Crippen LogP contribution in [0.25, 0.3) is 0 Å². The number of likely N-dealkylation sites (N-methyl/N-ethyl adjacent to an activating group) is 1. The van der Waals surface area contributed by atoms with Gasteiger partial charge in [0.1, 0.15) is 0 Å². The Morgan fingerprint density at radius 1 is 1.41 bits per heavy atom. The summed E-state index contributed by atoms with van der Waals surface area (Å²) in [7, 11) is 2.07. The van der Waals surface area contributed by atoms with Gasteiger partial charge in [-0.2, -0.15) is 0 Å². The van der Waals surface area contributed by atoms with E-state index in [0.29, 0.717) is 6.04 Å². The van der Waals surface area contributed by atoms with Crippen molar-refractivity contribution in [2.24, 2.45) is 0 Å². The SMILES string of the molecule is C=CCCCC(NC)C(C)(C)N1CCOCC1. The average Bonchev–Trinajstić information content (AvgIpc) is 2.35. The molecule has 0 aromatic carbocycles. The van der Waals surface area contributed by atoms with E-state index in [0.717, 1.165) is 32.7 Å². The van der Waals surface area contributed by atoms with Gasteiger partial charge in [0.2, 0.25) is 0 Å². The standard InChI is InChI=1S/C14H28N2O/c1-5-6-7-8-13(15-4)14(2,3)16-9-11-17-12-10-16/h5,13,15H,1,6-12H2,2-4H3. The molecule has 3 nitrogen and oxygen atoms in total. The van der Waals surface area contributed by atoms with Crippen molar-refractivity contribution in [1.29, 1.82) is 0 Å². The summed E-state index contributed by atoms with van der Waals surface area (Å²) in [5.74, 6) is 0. The summed E-state index contributed by atoms with van der Waals surface area (Å²) in [5, 5.41) is 3.48. The number of ether oxygens (including phenoxy) is 1. The Morgan fingerprint density at radius 3 is 2.59 bits per heavy atom. The summed E-state index contributed by atoms with van der Waals surface area (Å²) in [6, 6.07) is 0.528. The first kappa shape index (κ1) is 14.7. The molecule has 1 aliphatic rings. The molecule has 1 rings (SSSR count). The van der Waals surface area contributed by atoms with Gasteiger partial charge in [-0.25, -0.2) is 0 Å². The molecule has 1 heterocycles. The fourth-order valence-corrected chi connectivity index (χ4v) is 2.68. The zero-order valence-corrected chi connectivity index (χ0v) is 11.7. The van der Waals surface area contributed by atoms with Crippen LogP contribution >= 0.6 is 0 Å². The molecule has 1 saturated heterocycles. The molecule has 0 bridgehead atoms. The third-order valence-electron chi connectivity index (χ3n) is 3.93. The molecule has 1 N–H and O–H groups in total. The van der Waals surface area contributed by atoms with Gasteiger partial charge in [0.25, 0.3) is 0 Å². The molecule has 3 heteroatoms. The minimum Gasteiger partial charge on any atom is -0.379 e. The van der Waals surface area contributed by atoms with Crippen LogP contribution in [0.1, 0.15) is 33.1 Å². The number of hydrogen-bond donors (Lipinski definition) is 1. The summed E-state index contributed by atoms with van der Waals surface area (Å²) >= 11 is 0. The van der Waals surface area contributed by atoms with E-state index in [1.165, 1.54) is 12.8 Å². The van der Waals surface area contributed by atoms with Crippen molar-refractivity contribution in [3.8, 4) is 0 Å². The van der Waals surface area contributed by atoms with Crippen LogP contribution in [0.2, 0.25) is 0 Å². The summed E-state index contributed by atoms with van der Waals surface area (Å²) in [6.45, 7) is 12.3. The Hall–Kier alpha value is -0.380. The lowest BCUT2D eigenvalue weighted by Gasteiger charge is -2.46. The van der Waals surface area contributed by atoms with Crippen molar-refractivity contribution in [3.05, 3.63) is 12.7 Å². The lowest BCUT2D eigenvalue weighted by Crippen LogP contribution is -2.59. The fourth-order valence-electron chi connectivity index (χ4n) is 2.68. The van der Waals surface area contributed by atoms with Crippen LogP contribution in [0.5, 0.6) is 0 Å². The van der Waals surface area contributed by atoms with E-state index in [9.17, 15) is 0 Å². The molecule has 100 valence electrons. The predicted molar refractivity (Wildman–Crippen MR) is 73.4 cm³/mol. The van der Waals surface area contributed by atoms with Crippen LogP contribution in [-0.4, -0.2) is 49.8 Å². The van der Waals surface area contributed by atoms with Gasteiger partial charge in [0.15, 0.2) is 0 Å². The van der Waals surface area contributed by atoms with Crippen molar-refractivity contribution < 1.29 is 4.74 Å². The molecule has 0 radical (unpaired) electrons. The normalized spacial score (nSPS) is 20.2. The molecule has 17 heavy (non-hydrogen) atoms. The van der Waals surface area contributed by atoms with Crippen LogP contribution in [0.3, 0.4) is 0 Å². The van der Waals surface area contributed by atoms with Gasteiger partial charge in [-0.15, -0.1) is 6.58 Å². The number of nitrogens with one attached hydrogen (secondary N) is 1. The van der Waals surface area contributed by atoms with E-state index < -0.39 is 0 Å². The maximum Gasteiger partial charge on any atom is 0.0594 e. The second-order valence-electron chi connectivity index (χ2n) is 5.31. The Balaban J connectivity index is 2.53. The summed E-state index contributed by atoms with van der Waals surface area (Å²) in [6.07, 6.45) is 5.53. The number of hydrogen-bond acceptors (Lipinski definition) is 3. The summed E-state index contributed by atoms with van der Waals surface area (Å²) in [4.78, 5) is 2.55. The molecule has 1 aliphatic heterocycles. The van der Waals surface area contributed by atoms with Gasteiger partial charge >= 0.3 is 0 Å².